The molecule has 0 N–H and O–H groups in total. The number of hydrogen-bond donors (Lipinski definition) is 0. The van der Waals surface area contributed by atoms with Crippen LogP contribution in [0.3, 0.4) is 0 Å². The molecule has 4 rings (SSSR count). The van der Waals surface area contributed by atoms with Crippen molar-refractivity contribution in [1.29, 1.82) is 0 Å². The fourth-order valence-electron chi connectivity index (χ4n) is 3.17. The smallest absolute Gasteiger partial charge is 0.351 e. The minimum absolute atomic E-state index is 0.118. The average molecular weight is 298 g/mol. The van der Waals surface area contributed by atoms with E-state index in [0.717, 1.165) is 37.1 Å². The maximum absolute atomic E-state index is 12.2. The molecule has 1 saturated heterocycles. The SMILES string of the molecule is O=c1nc(OCC2CCCO2)cc2n1CCc1ccccc1-2. The highest BCUT2D eigenvalue weighted by molar-refractivity contribution is 5.66. The van der Waals surface area contributed by atoms with Gasteiger partial charge in [0.1, 0.15) is 6.61 Å². The second-order valence-electron chi connectivity index (χ2n) is 5.77. The van der Waals surface area contributed by atoms with Gasteiger partial charge in [0.15, 0.2) is 0 Å². The zero-order valence-corrected chi connectivity index (χ0v) is 12.3. The predicted molar refractivity (Wildman–Crippen MR) is 82.1 cm³/mol. The summed E-state index contributed by atoms with van der Waals surface area (Å²) in [4.78, 5) is 16.3. The van der Waals surface area contributed by atoms with Gasteiger partial charge >= 0.3 is 5.69 Å². The molecule has 2 aliphatic rings. The largest absolute Gasteiger partial charge is 0.475 e. The second-order valence-corrected chi connectivity index (χ2v) is 5.77. The highest BCUT2D eigenvalue weighted by Gasteiger charge is 2.20. The molecule has 0 radical (unpaired) electrons. The first-order valence-corrected chi connectivity index (χ1v) is 7.76. The quantitative estimate of drug-likeness (QED) is 0.870. The molecule has 5 nitrogen and oxygen atoms in total. The van der Waals surface area contributed by atoms with Crippen LogP contribution in [0.1, 0.15) is 18.4 Å². The molecule has 1 aromatic carbocycles. The van der Waals surface area contributed by atoms with Crippen LogP contribution in [-0.2, 0) is 17.7 Å². The number of aryl methyl sites for hydroxylation is 1. The van der Waals surface area contributed by atoms with Gasteiger partial charge in [0.05, 0.1) is 11.8 Å². The molecule has 22 heavy (non-hydrogen) atoms. The molecule has 1 fully saturated rings. The van der Waals surface area contributed by atoms with Crippen LogP contribution in [0.25, 0.3) is 11.3 Å². The first-order valence-electron chi connectivity index (χ1n) is 7.76. The Morgan fingerprint density at radius 1 is 1.36 bits per heavy atom. The molecule has 1 unspecified atom stereocenters. The zero-order chi connectivity index (χ0) is 14.9. The van der Waals surface area contributed by atoms with Crippen molar-refractivity contribution in [3.63, 3.8) is 0 Å². The van der Waals surface area contributed by atoms with Crippen LogP contribution < -0.4 is 10.4 Å². The molecular formula is C17H18N2O3. The van der Waals surface area contributed by atoms with E-state index in [1.54, 1.807) is 4.57 Å². The lowest BCUT2D eigenvalue weighted by atomic mass is 9.98. The summed E-state index contributed by atoms with van der Waals surface area (Å²) in [5.41, 5.74) is 3.01. The van der Waals surface area contributed by atoms with Gasteiger partial charge in [0, 0.05) is 24.8 Å². The van der Waals surface area contributed by atoms with Gasteiger partial charge in [-0.25, -0.2) is 4.79 Å². The number of ether oxygens (including phenoxy) is 2. The lowest BCUT2D eigenvalue weighted by Crippen LogP contribution is -2.29. The van der Waals surface area contributed by atoms with Gasteiger partial charge in [-0.15, -0.1) is 0 Å². The van der Waals surface area contributed by atoms with Crippen molar-refractivity contribution in [3.8, 4) is 17.1 Å². The molecule has 1 aromatic heterocycles. The zero-order valence-electron chi connectivity index (χ0n) is 12.3. The van der Waals surface area contributed by atoms with E-state index >= 15 is 0 Å². The van der Waals surface area contributed by atoms with Crippen molar-refractivity contribution in [2.75, 3.05) is 13.2 Å². The minimum atomic E-state index is -0.241. The lowest BCUT2D eigenvalue weighted by molar-refractivity contribution is 0.0661. The van der Waals surface area contributed by atoms with Crippen LogP contribution in [-0.4, -0.2) is 28.9 Å². The van der Waals surface area contributed by atoms with Gasteiger partial charge in [-0.1, -0.05) is 24.3 Å². The third-order valence-electron chi connectivity index (χ3n) is 4.33. The van der Waals surface area contributed by atoms with E-state index in [-0.39, 0.29) is 11.8 Å². The van der Waals surface area contributed by atoms with Crippen LogP contribution in [0.2, 0.25) is 0 Å². The van der Waals surface area contributed by atoms with Gasteiger partial charge < -0.3 is 9.47 Å². The highest BCUT2D eigenvalue weighted by atomic mass is 16.5. The van der Waals surface area contributed by atoms with Gasteiger partial charge in [-0.2, -0.15) is 4.98 Å². The van der Waals surface area contributed by atoms with E-state index < -0.39 is 0 Å². The van der Waals surface area contributed by atoms with Crippen molar-refractivity contribution in [3.05, 3.63) is 46.4 Å². The number of fused-ring (bicyclic) bond motifs is 3. The van der Waals surface area contributed by atoms with Gasteiger partial charge in [-0.05, 0) is 24.8 Å². The molecule has 114 valence electrons. The molecule has 2 aliphatic heterocycles. The summed E-state index contributed by atoms with van der Waals surface area (Å²) in [6.07, 6.45) is 3.06. The first-order chi connectivity index (χ1) is 10.8. The molecule has 2 aromatic rings. The van der Waals surface area contributed by atoms with Gasteiger partial charge in [0.25, 0.3) is 0 Å². The third kappa shape index (κ3) is 2.41. The fraction of sp³-hybridized carbons (Fsp3) is 0.412. The van der Waals surface area contributed by atoms with Crippen LogP contribution >= 0.6 is 0 Å². The molecule has 3 heterocycles. The summed E-state index contributed by atoms with van der Waals surface area (Å²) < 4.78 is 13.0. The molecule has 5 heteroatoms. The Morgan fingerprint density at radius 3 is 3.14 bits per heavy atom. The summed E-state index contributed by atoms with van der Waals surface area (Å²) in [5.74, 6) is 0.392. The van der Waals surface area contributed by atoms with E-state index in [9.17, 15) is 4.79 Å². The Kier molecular flexibility index (Phi) is 3.42. The second kappa shape index (κ2) is 5.57. The Morgan fingerprint density at radius 2 is 2.27 bits per heavy atom. The van der Waals surface area contributed by atoms with Crippen molar-refractivity contribution in [1.82, 2.24) is 9.55 Å². The summed E-state index contributed by atoms with van der Waals surface area (Å²) in [6.45, 7) is 1.92. The Balaban J connectivity index is 1.66. The topological polar surface area (TPSA) is 53.4 Å². The maximum atomic E-state index is 12.2. The van der Waals surface area contributed by atoms with Crippen molar-refractivity contribution in [2.45, 2.75) is 31.9 Å². The fourth-order valence-corrected chi connectivity index (χ4v) is 3.17. The molecule has 0 spiro atoms. The minimum Gasteiger partial charge on any atom is -0.475 e. The van der Waals surface area contributed by atoms with E-state index in [2.05, 4.69) is 11.1 Å². The van der Waals surface area contributed by atoms with E-state index in [4.69, 9.17) is 9.47 Å². The maximum Gasteiger partial charge on any atom is 0.351 e. The highest BCUT2D eigenvalue weighted by Crippen LogP contribution is 2.29. The first kappa shape index (κ1) is 13.5. The van der Waals surface area contributed by atoms with Crippen molar-refractivity contribution < 1.29 is 9.47 Å². The Bertz CT molecular complexity index is 748. The molecular weight excluding hydrogens is 280 g/mol. The van der Waals surface area contributed by atoms with E-state index in [1.165, 1.54) is 5.56 Å². The number of rotatable bonds is 3. The summed E-state index contributed by atoms with van der Waals surface area (Å²) >= 11 is 0. The summed E-state index contributed by atoms with van der Waals surface area (Å²) in [7, 11) is 0. The average Bonchev–Trinajstić information content (AvgIpc) is 3.06. The lowest BCUT2D eigenvalue weighted by Gasteiger charge is -2.21. The van der Waals surface area contributed by atoms with Crippen LogP contribution in [0.15, 0.2) is 35.1 Å². The molecule has 0 saturated carbocycles. The van der Waals surface area contributed by atoms with Gasteiger partial charge in [0.2, 0.25) is 5.88 Å². The van der Waals surface area contributed by atoms with Gasteiger partial charge in [-0.3, -0.25) is 4.57 Å². The van der Waals surface area contributed by atoms with Crippen LogP contribution in [0.4, 0.5) is 0 Å². The van der Waals surface area contributed by atoms with E-state index in [0.29, 0.717) is 19.0 Å². The van der Waals surface area contributed by atoms with Crippen LogP contribution in [0.5, 0.6) is 5.88 Å². The number of aromatic nitrogens is 2. The molecule has 0 bridgehead atoms. The predicted octanol–water partition coefficient (Wildman–Crippen LogP) is 2.02. The molecule has 0 amide bonds. The molecule has 0 aliphatic carbocycles. The number of benzene rings is 1. The summed E-state index contributed by atoms with van der Waals surface area (Å²) in [6, 6.07) is 10.0. The van der Waals surface area contributed by atoms with E-state index in [1.807, 2.05) is 24.3 Å². The number of nitrogens with zero attached hydrogens (tertiary/aromatic N) is 2. The Hall–Kier alpha value is -2.14. The van der Waals surface area contributed by atoms with Crippen molar-refractivity contribution >= 4 is 0 Å². The monoisotopic (exact) mass is 298 g/mol. The normalized spacial score (nSPS) is 19.5. The standard InChI is InChI=1S/C17H18N2O3/c20-17-18-16(22-11-13-5-3-9-21-13)10-15-14-6-2-1-4-12(14)7-8-19(15)17/h1-2,4,6,10,13H,3,5,7-9,11H2. The third-order valence-corrected chi connectivity index (χ3v) is 4.33. The van der Waals surface area contributed by atoms with Crippen molar-refractivity contribution in [2.24, 2.45) is 0 Å². The number of hydrogen-bond acceptors (Lipinski definition) is 4. The Labute approximate surface area is 128 Å². The van der Waals surface area contributed by atoms with Crippen LogP contribution in [0, 0.1) is 0 Å². The summed E-state index contributed by atoms with van der Waals surface area (Å²) in [5, 5.41) is 0. The molecule has 1 atom stereocenters.